The number of alkyl halides is 1. The van der Waals surface area contributed by atoms with Crippen LogP contribution in [-0.2, 0) is 16.1 Å². The average Bonchev–Trinajstić information content (AvgIpc) is 2.88. The van der Waals surface area contributed by atoms with Crippen molar-refractivity contribution < 1.29 is 18.3 Å². The number of allylic oxidation sites excluding steroid dienone is 2. The number of carbonyl (C=O) groups excluding carboxylic acids is 1. The van der Waals surface area contributed by atoms with Crippen molar-refractivity contribution in [1.29, 1.82) is 0 Å². The molecule has 0 spiro atoms. The molecule has 120 valence electrons. The summed E-state index contributed by atoms with van der Waals surface area (Å²) in [6, 6.07) is 1.81. The van der Waals surface area contributed by atoms with E-state index in [1.807, 2.05) is 6.07 Å². The van der Waals surface area contributed by atoms with E-state index in [2.05, 4.69) is 25.9 Å². The number of nitrogens with two attached hydrogens (primary N) is 1. The summed E-state index contributed by atoms with van der Waals surface area (Å²) in [4.78, 5) is 20.4. The second kappa shape index (κ2) is 6.42. The first kappa shape index (κ1) is 16.2. The SMILES string of the molecule is NC(=O)C1=C(F)C=CC(OCc2nc3cc(Br)cnc3s2)C1F. The fraction of sp³-hybridized carbons (Fsp3) is 0.214. The molecule has 0 fully saturated rings. The molecule has 3 rings (SSSR count). The van der Waals surface area contributed by atoms with Crippen LogP contribution in [0, 0.1) is 0 Å². The molecule has 0 saturated carbocycles. The molecule has 5 nitrogen and oxygen atoms in total. The molecule has 2 N–H and O–H groups in total. The molecule has 1 amide bonds. The average molecular weight is 402 g/mol. The number of ether oxygens (including phenoxy) is 1. The van der Waals surface area contributed by atoms with Gasteiger partial charge in [-0.1, -0.05) is 11.3 Å². The Morgan fingerprint density at radius 2 is 2.30 bits per heavy atom. The minimum Gasteiger partial charge on any atom is -0.366 e. The quantitative estimate of drug-likeness (QED) is 0.853. The lowest BCUT2D eigenvalue weighted by atomic mass is 9.99. The summed E-state index contributed by atoms with van der Waals surface area (Å²) in [7, 11) is 0. The predicted octanol–water partition coefficient (Wildman–Crippen LogP) is 2.96. The summed E-state index contributed by atoms with van der Waals surface area (Å²) in [6.07, 6.45) is 0.814. The molecule has 2 aromatic rings. The predicted molar refractivity (Wildman–Crippen MR) is 85.1 cm³/mol. The number of carbonyl (C=O) groups is 1. The van der Waals surface area contributed by atoms with E-state index in [1.165, 1.54) is 17.4 Å². The molecule has 2 heterocycles. The van der Waals surface area contributed by atoms with Crippen molar-refractivity contribution in [2.45, 2.75) is 18.9 Å². The van der Waals surface area contributed by atoms with Crippen LogP contribution >= 0.6 is 27.3 Å². The second-order valence-electron chi connectivity index (χ2n) is 4.75. The molecule has 0 saturated heterocycles. The normalized spacial score (nSPS) is 21.2. The number of aromatic nitrogens is 2. The fourth-order valence-corrected chi connectivity index (χ4v) is 3.26. The molecule has 0 aromatic carbocycles. The molecular weight excluding hydrogens is 392 g/mol. The smallest absolute Gasteiger partial charge is 0.250 e. The van der Waals surface area contributed by atoms with Gasteiger partial charge in [0, 0.05) is 10.7 Å². The van der Waals surface area contributed by atoms with Crippen LogP contribution in [0.2, 0.25) is 0 Å². The Morgan fingerprint density at radius 1 is 1.52 bits per heavy atom. The maximum Gasteiger partial charge on any atom is 0.250 e. The molecule has 2 atom stereocenters. The van der Waals surface area contributed by atoms with E-state index in [1.54, 1.807) is 6.20 Å². The third-order valence-electron chi connectivity index (χ3n) is 3.18. The van der Waals surface area contributed by atoms with Gasteiger partial charge in [-0.15, -0.1) is 0 Å². The van der Waals surface area contributed by atoms with Crippen LogP contribution in [-0.4, -0.2) is 28.2 Å². The number of primary amides is 1. The third kappa shape index (κ3) is 3.31. The van der Waals surface area contributed by atoms with Gasteiger partial charge in [-0.3, -0.25) is 4.79 Å². The maximum absolute atomic E-state index is 14.2. The van der Waals surface area contributed by atoms with Gasteiger partial charge in [0.2, 0.25) is 0 Å². The van der Waals surface area contributed by atoms with Gasteiger partial charge >= 0.3 is 0 Å². The first-order chi connectivity index (χ1) is 11.0. The van der Waals surface area contributed by atoms with Gasteiger partial charge in [0.1, 0.15) is 27.3 Å². The van der Waals surface area contributed by atoms with Gasteiger partial charge in [0.05, 0.1) is 12.2 Å². The van der Waals surface area contributed by atoms with Crippen LogP contribution in [0.15, 0.2) is 40.3 Å². The first-order valence-electron chi connectivity index (χ1n) is 6.50. The Balaban J connectivity index is 1.73. The van der Waals surface area contributed by atoms with Crippen LogP contribution in [0.1, 0.15) is 5.01 Å². The summed E-state index contributed by atoms with van der Waals surface area (Å²) in [6.45, 7) is 0.0156. The lowest BCUT2D eigenvalue weighted by Crippen LogP contribution is -2.34. The van der Waals surface area contributed by atoms with Crippen molar-refractivity contribution in [1.82, 2.24) is 9.97 Å². The van der Waals surface area contributed by atoms with Gasteiger partial charge in [0.15, 0.2) is 6.17 Å². The maximum atomic E-state index is 14.2. The van der Waals surface area contributed by atoms with Crippen molar-refractivity contribution in [3.05, 3.63) is 45.3 Å². The largest absolute Gasteiger partial charge is 0.366 e. The Bertz CT molecular complexity index is 837. The lowest BCUT2D eigenvalue weighted by molar-refractivity contribution is -0.116. The molecule has 1 aliphatic rings. The van der Waals surface area contributed by atoms with Gasteiger partial charge in [0.25, 0.3) is 5.91 Å². The third-order valence-corrected chi connectivity index (χ3v) is 4.56. The zero-order valence-corrected chi connectivity index (χ0v) is 13.9. The standard InChI is InChI=1S/C14H10BrF2N3O2S/c15-6-3-8-14(19-4-6)23-10(20-8)5-22-9-2-1-7(16)11(12(9)17)13(18)21/h1-4,9,12H,5H2,(H2,18,21). The number of rotatable bonds is 4. The van der Waals surface area contributed by atoms with Crippen LogP contribution in [0.3, 0.4) is 0 Å². The number of thiazole rings is 1. The van der Waals surface area contributed by atoms with Crippen molar-refractivity contribution >= 4 is 43.5 Å². The molecule has 0 bridgehead atoms. The topological polar surface area (TPSA) is 78.1 Å². The Morgan fingerprint density at radius 3 is 3.04 bits per heavy atom. The summed E-state index contributed by atoms with van der Waals surface area (Å²) in [5.74, 6) is -2.11. The van der Waals surface area contributed by atoms with E-state index in [9.17, 15) is 13.6 Å². The van der Waals surface area contributed by atoms with E-state index < -0.39 is 29.6 Å². The fourth-order valence-electron chi connectivity index (χ4n) is 2.13. The summed E-state index contributed by atoms with van der Waals surface area (Å²) in [5, 5.41) is 0.599. The van der Waals surface area contributed by atoms with E-state index in [-0.39, 0.29) is 6.61 Å². The molecule has 0 radical (unpaired) electrons. The first-order valence-corrected chi connectivity index (χ1v) is 8.11. The van der Waals surface area contributed by atoms with E-state index in [4.69, 9.17) is 10.5 Å². The number of hydrogen-bond donors (Lipinski definition) is 1. The number of pyridine rings is 1. The van der Waals surface area contributed by atoms with Gasteiger partial charge < -0.3 is 10.5 Å². The number of hydrogen-bond acceptors (Lipinski definition) is 5. The van der Waals surface area contributed by atoms with Gasteiger partial charge in [-0.25, -0.2) is 18.7 Å². The number of amides is 1. The number of fused-ring (bicyclic) bond motifs is 1. The van der Waals surface area contributed by atoms with Crippen molar-refractivity contribution in [3.8, 4) is 0 Å². The minimum atomic E-state index is -1.95. The molecule has 23 heavy (non-hydrogen) atoms. The minimum absolute atomic E-state index is 0.0156. The lowest BCUT2D eigenvalue weighted by Gasteiger charge is -2.22. The van der Waals surface area contributed by atoms with Crippen molar-refractivity contribution in [2.75, 3.05) is 0 Å². The molecule has 9 heteroatoms. The number of nitrogens with zero attached hydrogens (tertiary/aromatic N) is 2. The van der Waals surface area contributed by atoms with Crippen LogP contribution in [0.5, 0.6) is 0 Å². The highest BCUT2D eigenvalue weighted by molar-refractivity contribution is 9.10. The Labute approximate surface area is 142 Å². The molecule has 1 aliphatic carbocycles. The molecule has 2 unspecified atom stereocenters. The Hall–Kier alpha value is -1.71. The summed E-state index contributed by atoms with van der Waals surface area (Å²) in [5.41, 5.74) is 4.99. The highest BCUT2D eigenvalue weighted by Gasteiger charge is 2.33. The summed E-state index contributed by atoms with van der Waals surface area (Å²) < 4.78 is 33.8. The summed E-state index contributed by atoms with van der Waals surface area (Å²) >= 11 is 4.62. The van der Waals surface area contributed by atoms with Crippen molar-refractivity contribution in [2.24, 2.45) is 5.73 Å². The molecular formula is C14H10BrF2N3O2S. The van der Waals surface area contributed by atoms with Crippen LogP contribution < -0.4 is 5.73 Å². The zero-order chi connectivity index (χ0) is 16.6. The van der Waals surface area contributed by atoms with Gasteiger partial charge in [-0.05, 0) is 34.1 Å². The monoisotopic (exact) mass is 401 g/mol. The van der Waals surface area contributed by atoms with Crippen LogP contribution in [0.4, 0.5) is 8.78 Å². The van der Waals surface area contributed by atoms with E-state index in [0.717, 1.165) is 15.4 Å². The van der Waals surface area contributed by atoms with Crippen LogP contribution in [0.25, 0.3) is 10.3 Å². The van der Waals surface area contributed by atoms with Crippen molar-refractivity contribution in [3.63, 3.8) is 0 Å². The molecule has 2 aromatic heterocycles. The Kier molecular flexibility index (Phi) is 4.51. The highest BCUT2D eigenvalue weighted by Crippen LogP contribution is 2.28. The molecule has 0 aliphatic heterocycles. The van der Waals surface area contributed by atoms with Gasteiger partial charge in [-0.2, -0.15) is 0 Å². The van der Waals surface area contributed by atoms with E-state index >= 15 is 0 Å². The second-order valence-corrected chi connectivity index (χ2v) is 6.73. The number of halogens is 3. The highest BCUT2D eigenvalue weighted by atomic mass is 79.9. The van der Waals surface area contributed by atoms with E-state index in [0.29, 0.717) is 10.5 Å². The zero-order valence-electron chi connectivity index (χ0n) is 11.5.